The molecule has 3 rings (SSSR count). The van der Waals surface area contributed by atoms with Gasteiger partial charge >= 0.3 is 0 Å². The van der Waals surface area contributed by atoms with Crippen LogP contribution in [0.5, 0.6) is 0 Å². The molecule has 1 amide bonds. The van der Waals surface area contributed by atoms with Gasteiger partial charge in [0.05, 0.1) is 5.75 Å². The molecular weight excluding hydrogens is 360 g/mol. The first-order chi connectivity index (χ1) is 12.9. The van der Waals surface area contributed by atoms with Crippen molar-refractivity contribution in [3.8, 4) is 0 Å². The topological polar surface area (TPSA) is 68.2 Å². The summed E-state index contributed by atoms with van der Waals surface area (Å²) in [5, 5.41) is 4.92. The van der Waals surface area contributed by atoms with Crippen LogP contribution in [0.1, 0.15) is 33.1 Å². The molecule has 3 aromatic rings. The molecule has 1 aromatic heterocycles. The number of hydrogen-bond acceptors (Lipinski definition) is 3. The zero-order valence-electron chi connectivity index (χ0n) is 15.9. The molecular formula is C21H26N2O3S. The molecule has 0 spiro atoms. The van der Waals surface area contributed by atoms with Crippen LogP contribution in [0.4, 0.5) is 5.69 Å². The number of unbranched alkanes of at least 4 members (excludes halogenated alkanes) is 2. The Kier molecular flexibility index (Phi) is 5.85. The molecule has 0 bridgehead atoms. The van der Waals surface area contributed by atoms with Crippen molar-refractivity contribution >= 4 is 43.2 Å². The van der Waals surface area contributed by atoms with E-state index in [-0.39, 0.29) is 5.75 Å². The zero-order chi connectivity index (χ0) is 19.4. The number of fused-ring (bicyclic) bond motifs is 3. The van der Waals surface area contributed by atoms with Crippen molar-refractivity contribution in [1.82, 2.24) is 4.57 Å². The van der Waals surface area contributed by atoms with Crippen molar-refractivity contribution in [2.24, 2.45) is 0 Å². The first kappa shape index (κ1) is 19.4. The molecule has 0 atom stereocenters. The highest BCUT2D eigenvalue weighted by atomic mass is 32.2. The first-order valence-corrected chi connectivity index (χ1v) is 11.3. The molecule has 0 fully saturated rings. The molecule has 0 aliphatic carbocycles. The zero-order valence-corrected chi connectivity index (χ0v) is 16.7. The lowest BCUT2D eigenvalue weighted by Crippen LogP contribution is -2.24. The number of anilines is 1. The van der Waals surface area contributed by atoms with Crippen LogP contribution < -0.4 is 5.32 Å². The Labute approximate surface area is 160 Å². The average Bonchev–Trinajstić information content (AvgIpc) is 2.94. The standard InChI is InChI=1S/C21H26N2O3S/c1-3-5-8-13-27(25,26)15-21(24)22-16-11-12-20-18(14-16)17-9-6-7-10-19(17)23(20)4-2/h6-7,9-12,14H,3-5,8,13,15H2,1-2H3,(H,22,24). The Morgan fingerprint density at radius 3 is 2.48 bits per heavy atom. The number of benzene rings is 2. The lowest BCUT2D eigenvalue weighted by molar-refractivity contribution is -0.113. The largest absolute Gasteiger partial charge is 0.341 e. The Bertz CT molecular complexity index is 1070. The highest BCUT2D eigenvalue weighted by Crippen LogP contribution is 2.30. The smallest absolute Gasteiger partial charge is 0.239 e. The molecule has 6 heteroatoms. The van der Waals surface area contributed by atoms with Crippen LogP contribution in [0.3, 0.4) is 0 Å². The molecule has 0 aliphatic heterocycles. The van der Waals surface area contributed by atoms with E-state index in [4.69, 9.17) is 0 Å². The predicted octanol–water partition coefficient (Wildman–Crippen LogP) is 4.36. The van der Waals surface area contributed by atoms with E-state index in [0.29, 0.717) is 12.1 Å². The SMILES string of the molecule is CCCCCS(=O)(=O)CC(=O)Nc1ccc2c(c1)c1ccccc1n2CC. The highest BCUT2D eigenvalue weighted by Gasteiger charge is 2.17. The number of aromatic nitrogens is 1. The van der Waals surface area contributed by atoms with Crippen LogP contribution in [0.15, 0.2) is 42.5 Å². The molecule has 5 nitrogen and oxygen atoms in total. The summed E-state index contributed by atoms with van der Waals surface area (Å²) < 4.78 is 26.4. The molecule has 0 radical (unpaired) electrons. The number of hydrogen-bond donors (Lipinski definition) is 1. The van der Waals surface area contributed by atoms with Crippen molar-refractivity contribution in [2.75, 3.05) is 16.8 Å². The van der Waals surface area contributed by atoms with E-state index in [1.807, 2.05) is 37.3 Å². The second-order valence-electron chi connectivity index (χ2n) is 6.84. The molecule has 0 saturated heterocycles. The van der Waals surface area contributed by atoms with Gasteiger partial charge in [0.1, 0.15) is 5.75 Å². The predicted molar refractivity (Wildman–Crippen MR) is 112 cm³/mol. The number of para-hydroxylation sites is 1. The third-order valence-corrected chi connectivity index (χ3v) is 6.39. The fourth-order valence-corrected chi connectivity index (χ4v) is 4.77. The van der Waals surface area contributed by atoms with E-state index in [0.717, 1.165) is 41.2 Å². The molecule has 1 N–H and O–H groups in total. The third-order valence-electron chi connectivity index (χ3n) is 4.78. The molecule has 27 heavy (non-hydrogen) atoms. The fraction of sp³-hybridized carbons (Fsp3) is 0.381. The minimum atomic E-state index is -3.37. The Morgan fingerprint density at radius 1 is 1.00 bits per heavy atom. The van der Waals surface area contributed by atoms with Gasteiger partial charge in [-0.1, -0.05) is 38.0 Å². The maximum Gasteiger partial charge on any atom is 0.239 e. The maximum absolute atomic E-state index is 12.2. The van der Waals surface area contributed by atoms with Crippen LogP contribution in [0.2, 0.25) is 0 Å². The molecule has 0 unspecified atom stereocenters. The molecule has 2 aromatic carbocycles. The summed E-state index contributed by atoms with van der Waals surface area (Å²) in [6.45, 7) is 4.97. The lowest BCUT2D eigenvalue weighted by atomic mass is 10.1. The number of carbonyl (C=O) groups is 1. The fourth-order valence-electron chi connectivity index (χ4n) is 3.51. The van der Waals surface area contributed by atoms with E-state index in [1.165, 1.54) is 0 Å². The summed E-state index contributed by atoms with van der Waals surface area (Å²) in [5.74, 6) is -0.881. The van der Waals surface area contributed by atoms with Gasteiger partial charge in [0.25, 0.3) is 0 Å². The number of aryl methyl sites for hydroxylation is 1. The molecule has 0 saturated carbocycles. The second kappa shape index (κ2) is 8.13. The van der Waals surface area contributed by atoms with Crippen LogP contribution in [0, 0.1) is 0 Å². The average molecular weight is 387 g/mol. The minimum Gasteiger partial charge on any atom is -0.341 e. The van der Waals surface area contributed by atoms with E-state index in [9.17, 15) is 13.2 Å². The summed E-state index contributed by atoms with van der Waals surface area (Å²) in [6, 6.07) is 13.9. The van der Waals surface area contributed by atoms with Crippen LogP contribution in [-0.2, 0) is 21.2 Å². The van der Waals surface area contributed by atoms with Gasteiger partial charge in [0.15, 0.2) is 9.84 Å². The number of nitrogens with one attached hydrogen (secondary N) is 1. The maximum atomic E-state index is 12.2. The van der Waals surface area contributed by atoms with E-state index in [1.54, 1.807) is 0 Å². The van der Waals surface area contributed by atoms with Gasteiger partial charge in [-0.2, -0.15) is 0 Å². The van der Waals surface area contributed by atoms with Gasteiger partial charge in [-0.3, -0.25) is 4.79 Å². The van der Waals surface area contributed by atoms with Crippen molar-refractivity contribution < 1.29 is 13.2 Å². The van der Waals surface area contributed by atoms with Crippen molar-refractivity contribution in [3.05, 3.63) is 42.5 Å². The van der Waals surface area contributed by atoms with Crippen LogP contribution >= 0.6 is 0 Å². The summed E-state index contributed by atoms with van der Waals surface area (Å²) in [5.41, 5.74) is 2.87. The van der Waals surface area contributed by atoms with Crippen LogP contribution in [-0.4, -0.2) is 30.4 Å². The highest BCUT2D eigenvalue weighted by molar-refractivity contribution is 7.92. The van der Waals surface area contributed by atoms with Gasteiger partial charge in [0, 0.05) is 34.0 Å². The normalized spacial score (nSPS) is 11.9. The van der Waals surface area contributed by atoms with E-state index < -0.39 is 21.5 Å². The third kappa shape index (κ3) is 4.33. The summed E-state index contributed by atoms with van der Waals surface area (Å²) in [4.78, 5) is 12.2. The second-order valence-corrected chi connectivity index (χ2v) is 9.02. The molecule has 0 aliphatic rings. The van der Waals surface area contributed by atoms with Gasteiger partial charge < -0.3 is 9.88 Å². The number of nitrogens with zero attached hydrogens (tertiary/aromatic N) is 1. The minimum absolute atomic E-state index is 0.0667. The van der Waals surface area contributed by atoms with Gasteiger partial charge in [-0.05, 0) is 37.6 Å². The van der Waals surface area contributed by atoms with Gasteiger partial charge in [-0.25, -0.2) is 8.42 Å². The van der Waals surface area contributed by atoms with Crippen molar-refractivity contribution in [2.45, 2.75) is 39.7 Å². The van der Waals surface area contributed by atoms with E-state index >= 15 is 0 Å². The molecule has 144 valence electrons. The number of amides is 1. The quantitative estimate of drug-likeness (QED) is 0.585. The summed E-state index contributed by atoms with van der Waals surface area (Å²) in [6.07, 6.45) is 2.42. The monoisotopic (exact) mass is 386 g/mol. The van der Waals surface area contributed by atoms with Crippen molar-refractivity contribution in [3.63, 3.8) is 0 Å². The molecule has 1 heterocycles. The summed E-state index contributed by atoms with van der Waals surface area (Å²) in [7, 11) is -3.37. The Hall–Kier alpha value is -2.34. The van der Waals surface area contributed by atoms with Gasteiger partial charge in [-0.15, -0.1) is 0 Å². The number of carbonyl (C=O) groups excluding carboxylic acids is 1. The van der Waals surface area contributed by atoms with E-state index in [2.05, 4.69) is 28.9 Å². The number of rotatable bonds is 8. The van der Waals surface area contributed by atoms with Crippen LogP contribution in [0.25, 0.3) is 21.8 Å². The Morgan fingerprint density at radius 2 is 1.74 bits per heavy atom. The van der Waals surface area contributed by atoms with Crippen molar-refractivity contribution in [1.29, 1.82) is 0 Å². The first-order valence-electron chi connectivity index (χ1n) is 9.46. The Balaban J connectivity index is 1.82. The van der Waals surface area contributed by atoms with Gasteiger partial charge in [0.2, 0.25) is 5.91 Å². The number of sulfone groups is 1. The summed E-state index contributed by atoms with van der Waals surface area (Å²) >= 11 is 0. The lowest BCUT2D eigenvalue weighted by Gasteiger charge is -2.07.